The summed E-state index contributed by atoms with van der Waals surface area (Å²) in [6.07, 6.45) is 6.67. The van der Waals surface area contributed by atoms with Crippen molar-refractivity contribution in [2.75, 3.05) is 5.32 Å². The first-order chi connectivity index (χ1) is 9.11. The van der Waals surface area contributed by atoms with Gasteiger partial charge in [-0.15, -0.1) is 0 Å². The van der Waals surface area contributed by atoms with Crippen LogP contribution in [0.3, 0.4) is 0 Å². The van der Waals surface area contributed by atoms with E-state index in [2.05, 4.69) is 23.3 Å². The van der Waals surface area contributed by atoms with E-state index >= 15 is 0 Å². The number of rotatable bonds is 3. The Labute approximate surface area is 116 Å². The summed E-state index contributed by atoms with van der Waals surface area (Å²) in [6, 6.07) is 4.69. The Kier molecular flexibility index (Phi) is 4.42. The largest absolute Gasteiger partial charge is 0.381 e. The molecule has 1 heterocycles. The molecule has 1 N–H and O–H groups in total. The van der Waals surface area contributed by atoms with Crippen LogP contribution >= 0.6 is 0 Å². The summed E-state index contributed by atoms with van der Waals surface area (Å²) >= 11 is 0. The van der Waals surface area contributed by atoms with Gasteiger partial charge < -0.3 is 5.32 Å². The van der Waals surface area contributed by atoms with E-state index in [1.807, 2.05) is 19.9 Å². The van der Waals surface area contributed by atoms with Gasteiger partial charge >= 0.3 is 0 Å². The van der Waals surface area contributed by atoms with Crippen molar-refractivity contribution in [3.8, 4) is 6.07 Å². The average molecular weight is 257 g/mol. The van der Waals surface area contributed by atoms with Gasteiger partial charge in [-0.25, -0.2) is 0 Å². The number of nitrogens with zero attached hydrogens (tertiary/aromatic N) is 2. The summed E-state index contributed by atoms with van der Waals surface area (Å²) in [5.74, 6) is 0.731. The van der Waals surface area contributed by atoms with E-state index in [1.54, 1.807) is 0 Å². The molecule has 1 unspecified atom stereocenters. The van der Waals surface area contributed by atoms with E-state index in [0.717, 1.165) is 23.0 Å². The zero-order chi connectivity index (χ0) is 13.8. The van der Waals surface area contributed by atoms with Crippen LogP contribution in [0.1, 0.15) is 56.0 Å². The first-order valence-corrected chi connectivity index (χ1v) is 7.26. The minimum Gasteiger partial charge on any atom is -0.381 e. The minimum atomic E-state index is 0.425. The molecule has 0 bridgehead atoms. The summed E-state index contributed by atoms with van der Waals surface area (Å²) in [4.78, 5) is 4.36. The third kappa shape index (κ3) is 3.26. The van der Waals surface area contributed by atoms with Crippen LogP contribution in [-0.2, 0) is 0 Å². The van der Waals surface area contributed by atoms with Crippen LogP contribution in [0.4, 0.5) is 5.69 Å². The Morgan fingerprint density at radius 3 is 2.63 bits per heavy atom. The Bertz CT molecular complexity index is 482. The van der Waals surface area contributed by atoms with Crippen molar-refractivity contribution >= 4 is 5.69 Å². The molecule has 1 aliphatic rings. The van der Waals surface area contributed by atoms with Crippen molar-refractivity contribution in [3.05, 3.63) is 23.0 Å². The SMILES string of the molecule is Cc1cc(NC(C)C2CCCCC2)c(C#N)c(C)n1. The van der Waals surface area contributed by atoms with Crippen molar-refractivity contribution in [2.45, 2.75) is 58.9 Å². The fraction of sp³-hybridized carbons (Fsp3) is 0.625. The maximum absolute atomic E-state index is 9.28. The predicted octanol–water partition coefficient (Wildman–Crippen LogP) is 3.95. The number of hydrogen-bond donors (Lipinski definition) is 1. The van der Waals surface area contributed by atoms with Gasteiger partial charge in [0.2, 0.25) is 0 Å². The Morgan fingerprint density at radius 2 is 2.00 bits per heavy atom. The lowest BCUT2D eigenvalue weighted by Crippen LogP contribution is -2.28. The maximum atomic E-state index is 9.28. The molecule has 0 aliphatic heterocycles. The van der Waals surface area contributed by atoms with Crippen LogP contribution in [0.15, 0.2) is 6.07 Å². The minimum absolute atomic E-state index is 0.425. The number of nitrogens with one attached hydrogen (secondary N) is 1. The molecule has 0 saturated heterocycles. The smallest absolute Gasteiger partial charge is 0.103 e. The third-order valence-corrected chi connectivity index (χ3v) is 4.18. The van der Waals surface area contributed by atoms with Crippen molar-refractivity contribution in [3.63, 3.8) is 0 Å². The molecule has 2 rings (SSSR count). The average Bonchev–Trinajstić information content (AvgIpc) is 2.39. The first kappa shape index (κ1) is 13.9. The number of pyridine rings is 1. The Hall–Kier alpha value is -1.56. The zero-order valence-corrected chi connectivity index (χ0v) is 12.2. The van der Waals surface area contributed by atoms with Crippen LogP contribution in [0.5, 0.6) is 0 Å². The fourth-order valence-electron chi connectivity index (χ4n) is 3.08. The number of nitriles is 1. The van der Waals surface area contributed by atoms with Gasteiger partial charge in [0, 0.05) is 11.7 Å². The molecule has 1 fully saturated rings. The van der Waals surface area contributed by atoms with Crippen LogP contribution in [0, 0.1) is 31.1 Å². The first-order valence-electron chi connectivity index (χ1n) is 7.26. The monoisotopic (exact) mass is 257 g/mol. The number of hydrogen-bond acceptors (Lipinski definition) is 3. The van der Waals surface area contributed by atoms with Crippen molar-refractivity contribution in [1.82, 2.24) is 4.98 Å². The lowest BCUT2D eigenvalue weighted by Gasteiger charge is -2.29. The van der Waals surface area contributed by atoms with Crippen molar-refractivity contribution in [2.24, 2.45) is 5.92 Å². The quantitative estimate of drug-likeness (QED) is 0.892. The molecule has 102 valence electrons. The molecular formula is C16H23N3. The fourth-order valence-corrected chi connectivity index (χ4v) is 3.08. The second kappa shape index (κ2) is 6.06. The molecule has 19 heavy (non-hydrogen) atoms. The second-order valence-electron chi connectivity index (χ2n) is 5.71. The summed E-state index contributed by atoms with van der Waals surface area (Å²) < 4.78 is 0. The van der Waals surface area contributed by atoms with Gasteiger partial charge in [-0.05, 0) is 45.6 Å². The highest BCUT2D eigenvalue weighted by Crippen LogP contribution is 2.29. The van der Waals surface area contributed by atoms with Crippen LogP contribution in [-0.4, -0.2) is 11.0 Å². The molecule has 1 saturated carbocycles. The number of aryl methyl sites for hydroxylation is 2. The standard InChI is InChI=1S/C16H23N3/c1-11-9-16(15(10-17)13(3)18-11)19-12(2)14-7-5-4-6-8-14/h9,12,14H,4-8H2,1-3H3,(H,18,19). The molecule has 1 aliphatic carbocycles. The second-order valence-corrected chi connectivity index (χ2v) is 5.71. The van der Waals surface area contributed by atoms with Gasteiger partial charge in [0.05, 0.1) is 16.9 Å². The van der Waals surface area contributed by atoms with Crippen molar-refractivity contribution < 1.29 is 0 Å². The van der Waals surface area contributed by atoms with Crippen LogP contribution < -0.4 is 5.32 Å². The summed E-state index contributed by atoms with van der Waals surface area (Å²) in [6.45, 7) is 6.12. The Balaban J connectivity index is 2.16. The van der Waals surface area contributed by atoms with Crippen LogP contribution in [0.25, 0.3) is 0 Å². The number of anilines is 1. The van der Waals surface area contributed by atoms with Gasteiger partial charge in [-0.2, -0.15) is 5.26 Å². The maximum Gasteiger partial charge on any atom is 0.103 e. The molecule has 0 amide bonds. The zero-order valence-electron chi connectivity index (χ0n) is 12.2. The summed E-state index contributed by atoms with van der Waals surface area (Å²) in [7, 11) is 0. The molecule has 1 aromatic rings. The van der Waals surface area contributed by atoms with E-state index in [1.165, 1.54) is 32.1 Å². The molecule has 1 aromatic heterocycles. The van der Waals surface area contributed by atoms with E-state index < -0.39 is 0 Å². The highest BCUT2D eigenvalue weighted by molar-refractivity contribution is 5.60. The topological polar surface area (TPSA) is 48.7 Å². The molecule has 0 spiro atoms. The van der Waals surface area contributed by atoms with E-state index in [4.69, 9.17) is 0 Å². The van der Waals surface area contributed by atoms with Gasteiger partial charge in [-0.1, -0.05) is 19.3 Å². The number of aromatic nitrogens is 1. The Morgan fingerprint density at radius 1 is 1.32 bits per heavy atom. The highest BCUT2D eigenvalue weighted by Gasteiger charge is 2.21. The van der Waals surface area contributed by atoms with Crippen molar-refractivity contribution in [1.29, 1.82) is 5.26 Å². The molecule has 0 aromatic carbocycles. The van der Waals surface area contributed by atoms with E-state index in [-0.39, 0.29) is 0 Å². The molecule has 3 nitrogen and oxygen atoms in total. The van der Waals surface area contributed by atoms with E-state index in [9.17, 15) is 5.26 Å². The predicted molar refractivity (Wildman–Crippen MR) is 78.1 cm³/mol. The molecular weight excluding hydrogens is 234 g/mol. The van der Waals surface area contributed by atoms with Crippen LogP contribution in [0.2, 0.25) is 0 Å². The summed E-state index contributed by atoms with van der Waals surface area (Å²) in [5.41, 5.74) is 3.43. The third-order valence-electron chi connectivity index (χ3n) is 4.18. The van der Waals surface area contributed by atoms with Gasteiger partial charge in [0.1, 0.15) is 6.07 Å². The van der Waals surface area contributed by atoms with Gasteiger partial charge in [0.25, 0.3) is 0 Å². The van der Waals surface area contributed by atoms with E-state index in [0.29, 0.717) is 11.6 Å². The normalized spacial score (nSPS) is 17.8. The molecule has 1 atom stereocenters. The molecule has 0 radical (unpaired) electrons. The van der Waals surface area contributed by atoms with Gasteiger partial charge in [-0.3, -0.25) is 4.98 Å². The highest BCUT2D eigenvalue weighted by atomic mass is 14.9. The summed E-state index contributed by atoms with van der Waals surface area (Å²) in [5, 5.41) is 12.8. The molecule has 3 heteroatoms. The lowest BCUT2D eigenvalue weighted by atomic mass is 9.84. The van der Waals surface area contributed by atoms with Gasteiger partial charge in [0.15, 0.2) is 0 Å². The lowest BCUT2D eigenvalue weighted by molar-refractivity contribution is 0.328.